The fraction of sp³-hybridized carbons (Fsp3) is 0.409. The average Bonchev–Trinajstić information content (AvgIpc) is 2.74. The van der Waals surface area contributed by atoms with Crippen LogP contribution < -0.4 is 19.3 Å². The van der Waals surface area contributed by atoms with Gasteiger partial charge in [-0.05, 0) is 49.2 Å². The number of para-hydroxylation sites is 1. The Morgan fingerprint density at radius 1 is 1.07 bits per heavy atom. The fourth-order valence-corrected chi connectivity index (χ4v) is 4.46. The van der Waals surface area contributed by atoms with Crippen LogP contribution in [0.5, 0.6) is 5.75 Å². The van der Waals surface area contributed by atoms with Gasteiger partial charge < -0.3 is 15.0 Å². The molecule has 1 atom stereocenters. The molecule has 8 heteroatoms. The van der Waals surface area contributed by atoms with E-state index in [0.717, 1.165) is 24.9 Å². The Labute approximate surface area is 179 Å². The van der Waals surface area contributed by atoms with Gasteiger partial charge in [0.25, 0.3) is 0 Å². The van der Waals surface area contributed by atoms with Crippen LogP contribution in [0.25, 0.3) is 0 Å². The van der Waals surface area contributed by atoms with Gasteiger partial charge in [0.05, 0.1) is 19.1 Å². The van der Waals surface area contributed by atoms with Crippen molar-refractivity contribution in [2.24, 2.45) is 0 Å². The molecule has 0 fully saturated rings. The molecule has 1 N–H and O–H groups in total. The van der Waals surface area contributed by atoms with Crippen molar-refractivity contribution in [2.45, 2.75) is 25.8 Å². The van der Waals surface area contributed by atoms with Crippen molar-refractivity contribution in [3.05, 3.63) is 54.6 Å². The molecular formula is C22H31N3O4S. The first kappa shape index (κ1) is 23.5. The third kappa shape index (κ3) is 6.38. The molecule has 0 bridgehead atoms. The monoisotopic (exact) mass is 433 g/mol. The summed E-state index contributed by atoms with van der Waals surface area (Å²) in [6, 6.07) is 15.8. The maximum absolute atomic E-state index is 12.8. The molecule has 0 aliphatic carbocycles. The van der Waals surface area contributed by atoms with Crippen LogP contribution in [-0.2, 0) is 14.8 Å². The Balaban J connectivity index is 2.01. The molecule has 0 saturated carbocycles. The molecule has 0 aromatic heterocycles. The number of hydrogen-bond acceptors (Lipinski definition) is 5. The van der Waals surface area contributed by atoms with Crippen molar-refractivity contribution in [1.82, 2.24) is 5.32 Å². The number of sulfonamides is 1. The highest BCUT2D eigenvalue weighted by Gasteiger charge is 2.31. The molecule has 0 unspecified atom stereocenters. The van der Waals surface area contributed by atoms with E-state index in [2.05, 4.69) is 10.2 Å². The number of amides is 1. The Kier molecular flexibility index (Phi) is 8.53. The first-order chi connectivity index (χ1) is 14.3. The van der Waals surface area contributed by atoms with E-state index in [9.17, 15) is 13.2 Å². The molecule has 0 aliphatic heterocycles. The van der Waals surface area contributed by atoms with E-state index < -0.39 is 16.1 Å². The van der Waals surface area contributed by atoms with Gasteiger partial charge in [-0.15, -0.1) is 0 Å². The minimum atomic E-state index is -3.65. The molecular weight excluding hydrogens is 402 g/mol. The zero-order valence-electron chi connectivity index (χ0n) is 18.0. The summed E-state index contributed by atoms with van der Waals surface area (Å²) < 4.78 is 31.3. The maximum atomic E-state index is 12.8. The van der Waals surface area contributed by atoms with E-state index in [1.165, 1.54) is 4.31 Å². The van der Waals surface area contributed by atoms with Crippen LogP contribution >= 0.6 is 0 Å². The number of methoxy groups -OCH3 is 1. The SMILES string of the molecule is CC[C@H](C(=O)NCCCN(C)c1ccccc1)N(c1ccc(OC)cc1)S(C)(=O)=O. The number of anilines is 2. The number of hydrogen-bond donors (Lipinski definition) is 1. The third-order valence-corrected chi connectivity index (χ3v) is 6.00. The lowest BCUT2D eigenvalue weighted by molar-refractivity contribution is -0.122. The number of rotatable bonds is 11. The Morgan fingerprint density at radius 2 is 1.70 bits per heavy atom. The lowest BCUT2D eigenvalue weighted by Crippen LogP contribution is -2.49. The quantitative estimate of drug-likeness (QED) is 0.551. The van der Waals surface area contributed by atoms with Gasteiger partial charge in [-0.25, -0.2) is 8.42 Å². The summed E-state index contributed by atoms with van der Waals surface area (Å²) in [6.07, 6.45) is 2.21. The summed E-state index contributed by atoms with van der Waals surface area (Å²) in [7, 11) is -0.107. The van der Waals surface area contributed by atoms with Crippen LogP contribution in [-0.4, -0.2) is 53.9 Å². The summed E-state index contributed by atoms with van der Waals surface area (Å²) >= 11 is 0. The lowest BCUT2D eigenvalue weighted by atomic mass is 10.2. The van der Waals surface area contributed by atoms with E-state index in [-0.39, 0.29) is 5.91 Å². The van der Waals surface area contributed by atoms with Crippen molar-refractivity contribution in [1.29, 1.82) is 0 Å². The van der Waals surface area contributed by atoms with Crippen LogP contribution in [0.1, 0.15) is 19.8 Å². The fourth-order valence-electron chi connectivity index (χ4n) is 3.25. The predicted molar refractivity (Wildman–Crippen MR) is 122 cm³/mol. The highest BCUT2D eigenvalue weighted by molar-refractivity contribution is 7.92. The van der Waals surface area contributed by atoms with E-state index in [4.69, 9.17) is 4.74 Å². The molecule has 0 heterocycles. The summed E-state index contributed by atoms with van der Waals surface area (Å²) in [5, 5.41) is 2.89. The Bertz CT molecular complexity index is 902. The number of carbonyl (C=O) groups is 1. The summed E-state index contributed by atoms with van der Waals surface area (Å²) in [4.78, 5) is 14.9. The second kappa shape index (κ2) is 10.9. The molecule has 2 rings (SSSR count). The van der Waals surface area contributed by atoms with Gasteiger partial charge in [-0.1, -0.05) is 25.1 Å². The zero-order chi connectivity index (χ0) is 22.1. The molecule has 2 aromatic carbocycles. The minimum Gasteiger partial charge on any atom is -0.497 e. The van der Waals surface area contributed by atoms with Crippen LogP contribution in [0.15, 0.2) is 54.6 Å². The first-order valence-corrected chi connectivity index (χ1v) is 11.8. The normalized spacial score (nSPS) is 12.1. The molecule has 7 nitrogen and oxygen atoms in total. The number of nitrogens with zero attached hydrogens (tertiary/aromatic N) is 2. The zero-order valence-corrected chi connectivity index (χ0v) is 18.9. The molecule has 0 spiro atoms. The number of carbonyl (C=O) groups excluding carboxylic acids is 1. The number of ether oxygens (including phenoxy) is 1. The van der Waals surface area contributed by atoms with E-state index in [0.29, 0.717) is 24.4 Å². The molecule has 0 saturated heterocycles. The van der Waals surface area contributed by atoms with E-state index >= 15 is 0 Å². The molecule has 30 heavy (non-hydrogen) atoms. The highest BCUT2D eigenvalue weighted by atomic mass is 32.2. The summed E-state index contributed by atoms with van der Waals surface area (Å²) in [6.45, 7) is 3.04. The second-order valence-electron chi connectivity index (χ2n) is 7.08. The van der Waals surface area contributed by atoms with Crippen molar-refractivity contribution < 1.29 is 17.9 Å². The van der Waals surface area contributed by atoms with Crippen LogP contribution in [0, 0.1) is 0 Å². The van der Waals surface area contributed by atoms with Gasteiger partial charge >= 0.3 is 0 Å². The third-order valence-electron chi connectivity index (χ3n) is 4.82. The van der Waals surface area contributed by atoms with Gasteiger partial charge in [-0.3, -0.25) is 9.10 Å². The van der Waals surface area contributed by atoms with Gasteiger partial charge in [0, 0.05) is 25.8 Å². The predicted octanol–water partition coefficient (Wildman–Crippen LogP) is 2.88. The van der Waals surface area contributed by atoms with Crippen molar-refractivity contribution in [2.75, 3.05) is 42.7 Å². The molecule has 0 aliphatic rings. The minimum absolute atomic E-state index is 0.305. The lowest BCUT2D eigenvalue weighted by Gasteiger charge is -2.30. The molecule has 164 valence electrons. The van der Waals surface area contributed by atoms with Gasteiger partial charge in [-0.2, -0.15) is 0 Å². The van der Waals surface area contributed by atoms with Gasteiger partial charge in [0.1, 0.15) is 11.8 Å². The van der Waals surface area contributed by atoms with Crippen LogP contribution in [0.3, 0.4) is 0 Å². The van der Waals surface area contributed by atoms with Crippen LogP contribution in [0.4, 0.5) is 11.4 Å². The Morgan fingerprint density at radius 3 is 2.23 bits per heavy atom. The standard InChI is InChI=1S/C22H31N3O4S/c1-5-21(25(30(4,27)28)19-12-14-20(29-3)15-13-19)22(26)23-16-9-17-24(2)18-10-7-6-8-11-18/h6-8,10-15,21H,5,9,16-17H2,1-4H3,(H,23,26)/t21-/m1/s1. The number of benzene rings is 2. The number of nitrogens with one attached hydrogen (secondary N) is 1. The van der Waals surface area contributed by atoms with E-state index in [1.54, 1.807) is 38.3 Å². The maximum Gasteiger partial charge on any atom is 0.243 e. The summed E-state index contributed by atoms with van der Waals surface area (Å²) in [5.41, 5.74) is 1.54. The Hall–Kier alpha value is -2.74. The average molecular weight is 434 g/mol. The van der Waals surface area contributed by atoms with Crippen molar-refractivity contribution >= 4 is 27.3 Å². The molecule has 1 amide bonds. The summed E-state index contributed by atoms with van der Waals surface area (Å²) in [5.74, 6) is 0.313. The van der Waals surface area contributed by atoms with Crippen molar-refractivity contribution in [3.63, 3.8) is 0 Å². The van der Waals surface area contributed by atoms with E-state index in [1.807, 2.05) is 37.4 Å². The molecule has 2 aromatic rings. The van der Waals surface area contributed by atoms with Crippen LogP contribution in [0.2, 0.25) is 0 Å². The largest absolute Gasteiger partial charge is 0.497 e. The van der Waals surface area contributed by atoms with Gasteiger partial charge in [0.2, 0.25) is 15.9 Å². The topological polar surface area (TPSA) is 79.0 Å². The highest BCUT2D eigenvalue weighted by Crippen LogP contribution is 2.25. The van der Waals surface area contributed by atoms with Crippen molar-refractivity contribution in [3.8, 4) is 5.75 Å². The smallest absolute Gasteiger partial charge is 0.243 e. The van der Waals surface area contributed by atoms with Gasteiger partial charge in [0.15, 0.2) is 0 Å². The first-order valence-electron chi connectivity index (χ1n) is 9.95. The molecule has 0 radical (unpaired) electrons. The second-order valence-corrected chi connectivity index (χ2v) is 8.94.